The minimum Gasteiger partial charge on any atom is -0.371 e. The maximum atomic E-state index is 13.2. The van der Waals surface area contributed by atoms with E-state index in [1.165, 1.54) is 5.56 Å². The predicted octanol–water partition coefficient (Wildman–Crippen LogP) is 4.22. The molecule has 1 spiro atoms. The largest absolute Gasteiger partial charge is 0.371 e. The molecule has 2 aliphatic rings. The van der Waals surface area contributed by atoms with Gasteiger partial charge >= 0.3 is 5.69 Å². The summed E-state index contributed by atoms with van der Waals surface area (Å²) in [5.41, 5.74) is 9.66. The molecule has 4 aromatic rings. The van der Waals surface area contributed by atoms with E-state index in [1.54, 1.807) is 24.3 Å². The summed E-state index contributed by atoms with van der Waals surface area (Å²) in [4.78, 5) is 35.8. The van der Waals surface area contributed by atoms with Crippen LogP contribution in [0.15, 0.2) is 64.3 Å². The number of nitrogens with two attached hydrogens (primary N) is 1. The van der Waals surface area contributed by atoms with Gasteiger partial charge in [0.1, 0.15) is 0 Å². The molecule has 35 heavy (non-hydrogen) atoms. The van der Waals surface area contributed by atoms with Gasteiger partial charge in [-0.3, -0.25) is 9.78 Å². The lowest BCUT2D eigenvalue weighted by Crippen LogP contribution is -2.44. The van der Waals surface area contributed by atoms with Gasteiger partial charge in [-0.25, -0.2) is 9.36 Å². The molecule has 9 heteroatoms. The van der Waals surface area contributed by atoms with Crippen molar-refractivity contribution >= 4 is 39.8 Å². The van der Waals surface area contributed by atoms with Crippen molar-refractivity contribution in [2.45, 2.75) is 25.3 Å². The van der Waals surface area contributed by atoms with Crippen LogP contribution in [0.25, 0.3) is 16.6 Å². The summed E-state index contributed by atoms with van der Waals surface area (Å²) in [7, 11) is 0. The van der Waals surface area contributed by atoms with E-state index in [0.29, 0.717) is 10.9 Å². The second-order valence-corrected chi connectivity index (χ2v) is 10.2. The van der Waals surface area contributed by atoms with E-state index in [0.717, 1.165) is 48.3 Å². The molecule has 2 aromatic carbocycles. The first kappa shape index (κ1) is 22.3. The summed E-state index contributed by atoms with van der Waals surface area (Å²) in [6.45, 7) is 1.68. The lowest BCUT2D eigenvalue weighted by atomic mass is 9.73. The van der Waals surface area contributed by atoms with Crippen LogP contribution in [-0.2, 0) is 6.42 Å². The molecule has 3 N–H and O–H groups in total. The highest BCUT2D eigenvalue weighted by Gasteiger charge is 2.46. The molecule has 1 fully saturated rings. The standard InChI is InChI=1S/C26H23Cl2N5O2/c27-18-4-1-5-20(21(18)28)33-24(34)17-7-6-16(13-19(17)31-25(33)35)32-11-8-26(9-12-32)14-15-3-2-10-30-22(15)23(26)29/h1-7,10,13,23H,8-9,11-12,14,29H2,(H,31,35)/t23-/m1/s1. The highest BCUT2D eigenvalue weighted by molar-refractivity contribution is 6.43. The lowest BCUT2D eigenvalue weighted by Gasteiger charge is -2.42. The van der Waals surface area contributed by atoms with E-state index in [9.17, 15) is 9.59 Å². The molecular formula is C26H23Cl2N5O2. The molecule has 0 unspecified atom stereocenters. The van der Waals surface area contributed by atoms with Crippen molar-refractivity contribution in [2.75, 3.05) is 18.0 Å². The number of pyridine rings is 1. The normalized spacial score (nSPS) is 18.8. The third-order valence-corrected chi connectivity index (χ3v) is 8.41. The molecular weight excluding hydrogens is 485 g/mol. The van der Waals surface area contributed by atoms with Crippen molar-refractivity contribution in [3.05, 3.63) is 96.9 Å². The number of hydrogen-bond donors (Lipinski definition) is 2. The van der Waals surface area contributed by atoms with Gasteiger partial charge in [-0.2, -0.15) is 0 Å². The van der Waals surface area contributed by atoms with Gasteiger partial charge in [0.05, 0.1) is 38.4 Å². The zero-order chi connectivity index (χ0) is 24.3. The Balaban J connectivity index is 1.30. The Labute approximate surface area is 211 Å². The first-order valence-corrected chi connectivity index (χ1v) is 12.3. The molecule has 6 rings (SSSR count). The maximum Gasteiger partial charge on any atom is 0.333 e. The average molecular weight is 508 g/mol. The molecule has 1 aliphatic carbocycles. The fraction of sp³-hybridized carbons (Fsp3) is 0.269. The number of rotatable bonds is 2. The Bertz CT molecular complexity index is 1590. The first-order valence-electron chi connectivity index (χ1n) is 11.6. The van der Waals surface area contributed by atoms with Crippen LogP contribution in [0.3, 0.4) is 0 Å². The Morgan fingerprint density at radius 3 is 2.63 bits per heavy atom. The van der Waals surface area contributed by atoms with E-state index >= 15 is 0 Å². The molecule has 0 amide bonds. The number of anilines is 1. The predicted molar refractivity (Wildman–Crippen MR) is 139 cm³/mol. The highest BCUT2D eigenvalue weighted by atomic mass is 35.5. The molecule has 0 saturated carbocycles. The second kappa shape index (κ2) is 8.22. The number of hydrogen-bond acceptors (Lipinski definition) is 5. The topological polar surface area (TPSA) is 97.0 Å². The molecule has 1 aliphatic heterocycles. The van der Waals surface area contributed by atoms with E-state index in [4.69, 9.17) is 28.9 Å². The lowest BCUT2D eigenvalue weighted by molar-refractivity contribution is 0.186. The molecule has 1 saturated heterocycles. The molecule has 7 nitrogen and oxygen atoms in total. The van der Waals surface area contributed by atoms with Crippen LogP contribution in [0.2, 0.25) is 10.0 Å². The third kappa shape index (κ3) is 3.49. The molecule has 2 aromatic heterocycles. The summed E-state index contributed by atoms with van der Waals surface area (Å²) in [5, 5.41) is 0.828. The Morgan fingerprint density at radius 2 is 1.86 bits per heavy atom. The number of fused-ring (bicyclic) bond motifs is 2. The number of halogens is 2. The molecule has 3 heterocycles. The van der Waals surface area contributed by atoms with Crippen LogP contribution in [0, 0.1) is 5.41 Å². The fourth-order valence-electron chi connectivity index (χ4n) is 5.64. The average Bonchev–Trinajstić information content (AvgIpc) is 3.13. The second-order valence-electron chi connectivity index (χ2n) is 9.43. The van der Waals surface area contributed by atoms with Crippen molar-refractivity contribution in [3.63, 3.8) is 0 Å². The Morgan fingerprint density at radius 1 is 1.06 bits per heavy atom. The fourth-order valence-corrected chi connectivity index (χ4v) is 6.02. The van der Waals surface area contributed by atoms with Gasteiger partial charge in [0.25, 0.3) is 5.56 Å². The van der Waals surface area contributed by atoms with Gasteiger partial charge in [-0.15, -0.1) is 0 Å². The smallest absolute Gasteiger partial charge is 0.333 e. The van der Waals surface area contributed by atoms with Crippen LogP contribution in [0.4, 0.5) is 5.69 Å². The number of aromatic amines is 1. The van der Waals surface area contributed by atoms with Crippen molar-refractivity contribution in [3.8, 4) is 5.69 Å². The van der Waals surface area contributed by atoms with Gasteiger partial charge in [0.15, 0.2) is 0 Å². The molecule has 0 bridgehead atoms. The van der Waals surface area contributed by atoms with Crippen LogP contribution in [-0.4, -0.2) is 27.6 Å². The molecule has 178 valence electrons. The Hall–Kier alpha value is -3.13. The monoisotopic (exact) mass is 507 g/mol. The number of piperidine rings is 1. The van der Waals surface area contributed by atoms with Gasteiger partial charge in [-0.05, 0) is 66.6 Å². The van der Waals surface area contributed by atoms with Crippen LogP contribution < -0.4 is 21.9 Å². The van der Waals surface area contributed by atoms with Crippen molar-refractivity contribution in [1.29, 1.82) is 0 Å². The zero-order valence-corrected chi connectivity index (χ0v) is 20.3. The van der Waals surface area contributed by atoms with E-state index < -0.39 is 11.2 Å². The summed E-state index contributed by atoms with van der Waals surface area (Å²) < 4.78 is 1.02. The van der Waals surface area contributed by atoms with Crippen molar-refractivity contribution in [2.24, 2.45) is 11.1 Å². The molecule has 1 atom stereocenters. The quantitative estimate of drug-likeness (QED) is 0.423. The number of benzene rings is 2. The summed E-state index contributed by atoms with van der Waals surface area (Å²) in [5.74, 6) is 0. The van der Waals surface area contributed by atoms with Crippen LogP contribution in [0.5, 0.6) is 0 Å². The van der Waals surface area contributed by atoms with Gasteiger partial charge in [0.2, 0.25) is 0 Å². The third-order valence-electron chi connectivity index (χ3n) is 7.60. The van der Waals surface area contributed by atoms with Crippen molar-refractivity contribution in [1.82, 2.24) is 14.5 Å². The van der Waals surface area contributed by atoms with Gasteiger partial charge in [-0.1, -0.05) is 35.3 Å². The summed E-state index contributed by atoms with van der Waals surface area (Å²) in [6.07, 6.45) is 4.68. The highest BCUT2D eigenvalue weighted by Crippen LogP contribution is 2.50. The number of H-pyrrole nitrogens is 1. The van der Waals surface area contributed by atoms with E-state index in [-0.39, 0.29) is 27.2 Å². The van der Waals surface area contributed by atoms with Gasteiger partial charge in [0, 0.05) is 25.0 Å². The van der Waals surface area contributed by atoms with E-state index in [2.05, 4.69) is 20.9 Å². The van der Waals surface area contributed by atoms with Crippen molar-refractivity contribution < 1.29 is 0 Å². The summed E-state index contributed by atoms with van der Waals surface area (Å²) >= 11 is 12.4. The van der Waals surface area contributed by atoms with Gasteiger partial charge < -0.3 is 15.6 Å². The zero-order valence-electron chi connectivity index (χ0n) is 18.8. The number of nitrogens with zero attached hydrogens (tertiary/aromatic N) is 3. The summed E-state index contributed by atoms with van der Waals surface area (Å²) in [6, 6.07) is 14.5. The number of nitrogens with one attached hydrogen (secondary N) is 1. The first-order chi connectivity index (χ1) is 16.9. The minimum absolute atomic E-state index is 0.0301. The van der Waals surface area contributed by atoms with Crippen LogP contribution in [0.1, 0.15) is 30.1 Å². The number of aromatic nitrogens is 3. The minimum atomic E-state index is -0.566. The Kier molecular flexibility index (Phi) is 5.25. The maximum absolute atomic E-state index is 13.2. The molecule has 0 radical (unpaired) electrons. The van der Waals surface area contributed by atoms with Crippen LogP contribution >= 0.6 is 23.2 Å². The SMILES string of the molecule is N[C@@H]1c2ncccc2CC12CCN(c1ccc3c(=O)n(-c4cccc(Cl)c4Cl)c(=O)[nH]c3c1)CC2. The van der Waals surface area contributed by atoms with E-state index in [1.807, 2.05) is 24.4 Å².